The molecule has 0 fully saturated rings. The lowest BCUT2D eigenvalue weighted by Crippen LogP contribution is -2.14. The van der Waals surface area contributed by atoms with Crippen LogP contribution in [0.4, 0.5) is 24.5 Å². The molecule has 2 aromatic carbocycles. The van der Waals surface area contributed by atoms with E-state index in [1.807, 2.05) is 0 Å². The molecule has 0 saturated heterocycles. The van der Waals surface area contributed by atoms with E-state index >= 15 is 0 Å². The number of hydrogen-bond acceptors (Lipinski definition) is 4. The molecule has 0 saturated carbocycles. The normalized spacial score (nSPS) is 11.5. The lowest BCUT2D eigenvalue weighted by Gasteiger charge is -2.09. The van der Waals surface area contributed by atoms with E-state index in [4.69, 9.17) is 5.26 Å². The van der Waals surface area contributed by atoms with Gasteiger partial charge in [-0.1, -0.05) is 18.2 Å². The summed E-state index contributed by atoms with van der Waals surface area (Å²) < 4.78 is 38.1. The van der Waals surface area contributed by atoms with Crippen LogP contribution >= 0.6 is 0 Å². The van der Waals surface area contributed by atoms with Crippen molar-refractivity contribution in [3.05, 3.63) is 75.3 Å². The molecule has 0 atom stereocenters. The maximum absolute atomic E-state index is 12.7. The lowest BCUT2D eigenvalue weighted by molar-refractivity contribution is -0.384. The van der Waals surface area contributed by atoms with Gasteiger partial charge in [-0.3, -0.25) is 14.9 Å². The summed E-state index contributed by atoms with van der Waals surface area (Å²) >= 11 is 0. The van der Waals surface area contributed by atoms with Crippen LogP contribution in [-0.2, 0) is 11.0 Å². The topological polar surface area (TPSA) is 96.0 Å². The molecule has 0 aliphatic rings. The molecule has 0 bridgehead atoms. The van der Waals surface area contributed by atoms with Gasteiger partial charge < -0.3 is 5.32 Å². The van der Waals surface area contributed by atoms with Crippen molar-refractivity contribution in [2.75, 3.05) is 5.32 Å². The Morgan fingerprint density at radius 2 is 1.88 bits per heavy atom. The summed E-state index contributed by atoms with van der Waals surface area (Å²) in [5.41, 5.74) is -1.49. The van der Waals surface area contributed by atoms with E-state index in [1.165, 1.54) is 24.3 Å². The van der Waals surface area contributed by atoms with Crippen molar-refractivity contribution in [3.63, 3.8) is 0 Å². The van der Waals surface area contributed by atoms with Gasteiger partial charge in [-0.25, -0.2) is 0 Å². The number of rotatable bonds is 4. The third kappa shape index (κ3) is 4.67. The summed E-state index contributed by atoms with van der Waals surface area (Å²) in [5, 5.41) is 22.0. The Morgan fingerprint density at radius 1 is 1.19 bits per heavy atom. The molecular formula is C17H10F3N3O3. The van der Waals surface area contributed by atoms with E-state index in [1.54, 1.807) is 6.07 Å². The monoisotopic (exact) mass is 361 g/mol. The third-order valence-electron chi connectivity index (χ3n) is 3.20. The number of carbonyl (C=O) groups is 1. The molecule has 26 heavy (non-hydrogen) atoms. The highest BCUT2D eigenvalue weighted by molar-refractivity contribution is 6.09. The predicted octanol–water partition coefficient (Wildman–Crippen LogP) is 4.16. The number of halogens is 3. The minimum atomic E-state index is -4.57. The van der Waals surface area contributed by atoms with Gasteiger partial charge in [-0.05, 0) is 29.8 Å². The van der Waals surface area contributed by atoms with Crippen LogP contribution in [0.25, 0.3) is 6.08 Å². The van der Waals surface area contributed by atoms with E-state index in [0.29, 0.717) is 0 Å². The summed E-state index contributed by atoms with van der Waals surface area (Å²) in [6.07, 6.45) is -3.46. The molecule has 0 heterocycles. The Labute approximate surface area is 145 Å². The molecule has 0 unspecified atom stereocenters. The standard InChI is InChI=1S/C17H10F3N3O3/c18-17(19,20)13-4-2-5-14(9-13)22-16(24)12(10-21)7-11-3-1-6-15(8-11)23(25)26/h1-9H,(H,22,24)/b12-7-. The number of benzene rings is 2. The molecule has 0 spiro atoms. The first-order valence-electron chi connectivity index (χ1n) is 7.05. The van der Waals surface area contributed by atoms with Gasteiger partial charge >= 0.3 is 6.18 Å². The van der Waals surface area contributed by atoms with Crippen LogP contribution in [0.2, 0.25) is 0 Å². The number of nitrogens with zero attached hydrogens (tertiary/aromatic N) is 2. The van der Waals surface area contributed by atoms with Gasteiger partial charge in [-0.15, -0.1) is 0 Å². The summed E-state index contributed by atoms with van der Waals surface area (Å²) in [4.78, 5) is 22.2. The highest BCUT2D eigenvalue weighted by Crippen LogP contribution is 2.30. The van der Waals surface area contributed by atoms with Crippen LogP contribution in [0.1, 0.15) is 11.1 Å². The quantitative estimate of drug-likeness (QED) is 0.383. The second-order valence-corrected chi connectivity index (χ2v) is 5.05. The average Bonchev–Trinajstić information content (AvgIpc) is 2.59. The fraction of sp³-hybridized carbons (Fsp3) is 0.0588. The first-order chi connectivity index (χ1) is 12.2. The maximum atomic E-state index is 12.7. The average molecular weight is 361 g/mol. The number of alkyl halides is 3. The molecule has 0 radical (unpaired) electrons. The number of hydrogen-bond donors (Lipinski definition) is 1. The van der Waals surface area contributed by atoms with Crippen molar-refractivity contribution in [1.82, 2.24) is 0 Å². The van der Waals surface area contributed by atoms with Crippen molar-refractivity contribution in [1.29, 1.82) is 5.26 Å². The first-order valence-corrected chi connectivity index (χ1v) is 7.05. The van der Waals surface area contributed by atoms with Crippen molar-refractivity contribution >= 4 is 23.4 Å². The number of nitriles is 1. The molecule has 1 N–H and O–H groups in total. The Kier molecular flexibility index (Phi) is 5.37. The summed E-state index contributed by atoms with van der Waals surface area (Å²) in [5.74, 6) is -0.932. The van der Waals surface area contributed by atoms with Crippen LogP contribution in [0.3, 0.4) is 0 Å². The van der Waals surface area contributed by atoms with Crippen molar-refractivity contribution in [2.24, 2.45) is 0 Å². The van der Waals surface area contributed by atoms with Gasteiger partial charge in [0.15, 0.2) is 0 Å². The van der Waals surface area contributed by atoms with Gasteiger partial charge in [0.2, 0.25) is 0 Å². The molecular weight excluding hydrogens is 351 g/mol. The summed E-state index contributed by atoms with van der Waals surface area (Å²) in [6.45, 7) is 0. The minimum Gasteiger partial charge on any atom is -0.321 e. The largest absolute Gasteiger partial charge is 0.416 e. The zero-order valence-electron chi connectivity index (χ0n) is 12.9. The zero-order chi connectivity index (χ0) is 19.3. The van der Waals surface area contributed by atoms with Gasteiger partial charge in [0.05, 0.1) is 10.5 Å². The van der Waals surface area contributed by atoms with Crippen LogP contribution in [0.5, 0.6) is 0 Å². The lowest BCUT2D eigenvalue weighted by atomic mass is 10.1. The van der Waals surface area contributed by atoms with Crippen molar-refractivity contribution in [3.8, 4) is 6.07 Å². The smallest absolute Gasteiger partial charge is 0.321 e. The number of carbonyl (C=O) groups excluding carboxylic acids is 1. The maximum Gasteiger partial charge on any atom is 0.416 e. The number of nitro benzene ring substituents is 1. The summed E-state index contributed by atoms with van der Waals surface area (Å²) in [6, 6.07) is 10.8. The van der Waals surface area contributed by atoms with E-state index < -0.39 is 28.1 Å². The zero-order valence-corrected chi connectivity index (χ0v) is 12.9. The van der Waals surface area contributed by atoms with Gasteiger partial charge in [0.25, 0.3) is 11.6 Å². The third-order valence-corrected chi connectivity index (χ3v) is 3.20. The van der Waals surface area contributed by atoms with Gasteiger partial charge in [0, 0.05) is 17.8 Å². The number of nitrogens with one attached hydrogen (secondary N) is 1. The SMILES string of the molecule is N#C/C(=C/c1cccc([N+](=O)[O-])c1)C(=O)Nc1cccc(C(F)(F)F)c1. The molecule has 6 nitrogen and oxygen atoms in total. The second kappa shape index (κ2) is 7.48. The molecule has 2 aromatic rings. The first kappa shape index (κ1) is 18.7. The number of non-ortho nitro benzene ring substituents is 1. The van der Waals surface area contributed by atoms with Gasteiger partial charge in [-0.2, -0.15) is 18.4 Å². The predicted molar refractivity (Wildman–Crippen MR) is 86.8 cm³/mol. The molecule has 132 valence electrons. The van der Waals surface area contributed by atoms with E-state index in [-0.39, 0.29) is 16.9 Å². The number of nitro groups is 1. The second-order valence-electron chi connectivity index (χ2n) is 5.05. The molecule has 0 aliphatic carbocycles. The Balaban J connectivity index is 2.26. The van der Waals surface area contributed by atoms with E-state index in [2.05, 4.69) is 5.32 Å². The molecule has 1 amide bonds. The van der Waals surface area contributed by atoms with E-state index in [9.17, 15) is 28.1 Å². The Bertz CT molecular complexity index is 931. The Hall–Kier alpha value is -3.67. The van der Waals surface area contributed by atoms with Crippen LogP contribution in [-0.4, -0.2) is 10.8 Å². The molecule has 0 aliphatic heterocycles. The van der Waals surface area contributed by atoms with Crippen LogP contribution in [0.15, 0.2) is 54.1 Å². The van der Waals surface area contributed by atoms with Crippen LogP contribution in [0, 0.1) is 21.4 Å². The van der Waals surface area contributed by atoms with E-state index in [0.717, 1.165) is 30.3 Å². The van der Waals surface area contributed by atoms with Crippen LogP contribution < -0.4 is 5.32 Å². The molecule has 0 aromatic heterocycles. The number of anilines is 1. The highest BCUT2D eigenvalue weighted by atomic mass is 19.4. The molecule has 9 heteroatoms. The highest BCUT2D eigenvalue weighted by Gasteiger charge is 2.30. The van der Waals surface area contributed by atoms with Crippen molar-refractivity contribution in [2.45, 2.75) is 6.18 Å². The molecule has 2 rings (SSSR count). The number of amides is 1. The fourth-order valence-electron chi connectivity index (χ4n) is 2.02. The summed E-state index contributed by atoms with van der Waals surface area (Å²) in [7, 11) is 0. The Morgan fingerprint density at radius 3 is 2.50 bits per heavy atom. The fourth-order valence-corrected chi connectivity index (χ4v) is 2.02. The van der Waals surface area contributed by atoms with Gasteiger partial charge in [0.1, 0.15) is 11.6 Å². The minimum absolute atomic E-state index is 0.134. The van der Waals surface area contributed by atoms with Crippen molar-refractivity contribution < 1.29 is 22.9 Å².